The molecule has 0 aliphatic heterocycles. The minimum atomic E-state index is 0. The Balaban J connectivity index is 0. The van der Waals surface area contributed by atoms with E-state index < -0.39 is 0 Å². The maximum atomic E-state index is 2.44. The van der Waals surface area contributed by atoms with Crippen LogP contribution in [0.3, 0.4) is 0 Å². The van der Waals surface area contributed by atoms with Crippen molar-refractivity contribution in [2.45, 2.75) is 97.8 Å². The average Bonchev–Trinajstić information content (AvgIpc) is 2.29. The second-order valence-electron chi connectivity index (χ2n) is 5.51. The monoisotopic (exact) mass is 290 g/mol. The van der Waals surface area contributed by atoms with Crippen LogP contribution in [-0.4, -0.2) is 0 Å². The largest absolute Gasteiger partial charge is 0.0654 e. The van der Waals surface area contributed by atoms with Crippen molar-refractivity contribution in [2.24, 2.45) is 5.92 Å². The van der Waals surface area contributed by atoms with E-state index in [2.05, 4.69) is 20.8 Å². The summed E-state index contributed by atoms with van der Waals surface area (Å²) in [6, 6.07) is 0. The quantitative estimate of drug-likeness (QED) is 0.291. The van der Waals surface area contributed by atoms with Crippen LogP contribution >= 0.6 is 0 Å². The first kappa shape index (κ1) is 20.0. The zero-order valence-corrected chi connectivity index (χ0v) is 15.7. The predicted molar refractivity (Wildman–Crippen MR) is 75.9 cm³/mol. The number of hydrogen-bond acceptors (Lipinski definition) is 0. The Morgan fingerprint density at radius 2 is 0.941 bits per heavy atom. The van der Waals surface area contributed by atoms with Crippen LogP contribution < -0.4 is 0 Å². The molecule has 0 N–H and O–H groups in total. The summed E-state index contributed by atoms with van der Waals surface area (Å²) in [6.45, 7) is 7.02. The molecule has 1 unspecified atom stereocenters. The fraction of sp³-hybridized carbons (Fsp3) is 1.00. The molecule has 0 heterocycles. The predicted octanol–water partition coefficient (Wildman–Crippen LogP) is 6.34. The molecule has 0 saturated heterocycles. The molecule has 0 fully saturated rings. The smallest absolute Gasteiger partial charge is 0 e. The van der Waals surface area contributed by atoms with Gasteiger partial charge in [-0.1, -0.05) is 97.8 Å². The second-order valence-corrected chi connectivity index (χ2v) is 5.51. The van der Waals surface area contributed by atoms with Crippen LogP contribution in [0.4, 0.5) is 0 Å². The molecular weight excluding hydrogens is 258 g/mol. The number of hydrogen-bond donors (Lipinski definition) is 0. The van der Waals surface area contributed by atoms with Crippen molar-refractivity contribution in [3.05, 3.63) is 0 Å². The van der Waals surface area contributed by atoms with Gasteiger partial charge < -0.3 is 0 Å². The van der Waals surface area contributed by atoms with E-state index in [1.807, 2.05) is 0 Å². The zero-order valence-electron chi connectivity index (χ0n) is 12.8. The van der Waals surface area contributed by atoms with Gasteiger partial charge in [0.2, 0.25) is 0 Å². The Labute approximate surface area is 123 Å². The Morgan fingerprint density at radius 3 is 1.41 bits per heavy atom. The van der Waals surface area contributed by atoms with Gasteiger partial charge in [-0.15, -0.1) is 0 Å². The van der Waals surface area contributed by atoms with Crippen LogP contribution in [0.2, 0.25) is 0 Å². The molecular formula is C16H34Zn. The van der Waals surface area contributed by atoms with Crippen LogP contribution in [0.1, 0.15) is 97.8 Å². The first-order valence-corrected chi connectivity index (χ1v) is 7.81. The van der Waals surface area contributed by atoms with Crippen LogP contribution in [0.15, 0.2) is 0 Å². The molecule has 0 amide bonds. The zero-order chi connectivity index (χ0) is 12.1. The summed E-state index contributed by atoms with van der Waals surface area (Å²) < 4.78 is 0. The van der Waals surface area contributed by atoms with Gasteiger partial charge in [-0.3, -0.25) is 0 Å². The summed E-state index contributed by atoms with van der Waals surface area (Å²) in [5, 5.41) is 0. The summed E-state index contributed by atoms with van der Waals surface area (Å²) in [7, 11) is 0. The summed E-state index contributed by atoms with van der Waals surface area (Å²) in [5.74, 6) is 0.975. The molecule has 0 aromatic carbocycles. The van der Waals surface area contributed by atoms with Crippen molar-refractivity contribution < 1.29 is 19.5 Å². The fourth-order valence-corrected chi connectivity index (χ4v) is 2.34. The van der Waals surface area contributed by atoms with Crippen molar-refractivity contribution in [3.63, 3.8) is 0 Å². The molecule has 0 aromatic rings. The molecule has 0 radical (unpaired) electrons. The van der Waals surface area contributed by atoms with Crippen molar-refractivity contribution >= 4 is 0 Å². The SMILES string of the molecule is CCCCCCCCC(C)CCCCCC.[Zn]. The van der Waals surface area contributed by atoms with Gasteiger partial charge in [-0.2, -0.15) is 0 Å². The molecule has 0 bridgehead atoms. The molecule has 17 heavy (non-hydrogen) atoms. The van der Waals surface area contributed by atoms with E-state index in [4.69, 9.17) is 0 Å². The summed E-state index contributed by atoms with van der Waals surface area (Å²) in [6.07, 6.45) is 17.3. The maximum absolute atomic E-state index is 2.44. The Bertz CT molecular complexity index is 123. The van der Waals surface area contributed by atoms with Gasteiger partial charge >= 0.3 is 0 Å². The maximum Gasteiger partial charge on any atom is 0 e. The minimum absolute atomic E-state index is 0. The van der Waals surface area contributed by atoms with E-state index in [0.717, 1.165) is 5.92 Å². The molecule has 0 nitrogen and oxygen atoms in total. The van der Waals surface area contributed by atoms with E-state index in [1.54, 1.807) is 0 Å². The van der Waals surface area contributed by atoms with E-state index >= 15 is 0 Å². The fourth-order valence-electron chi connectivity index (χ4n) is 2.34. The standard InChI is InChI=1S/C16H34.Zn/c1-4-6-8-10-11-13-15-16(3)14-12-9-7-5-2;/h16H,4-15H2,1-3H3;. The van der Waals surface area contributed by atoms with Gasteiger partial charge in [0.1, 0.15) is 0 Å². The Hall–Kier alpha value is 0.623. The molecule has 0 aromatic heterocycles. The van der Waals surface area contributed by atoms with Gasteiger partial charge in [-0.05, 0) is 5.92 Å². The van der Waals surface area contributed by atoms with Crippen LogP contribution in [0.5, 0.6) is 0 Å². The van der Waals surface area contributed by atoms with E-state index in [1.165, 1.54) is 77.0 Å². The molecule has 1 atom stereocenters. The van der Waals surface area contributed by atoms with E-state index in [0.29, 0.717) is 0 Å². The summed E-state index contributed by atoms with van der Waals surface area (Å²) in [4.78, 5) is 0. The van der Waals surface area contributed by atoms with E-state index in [9.17, 15) is 0 Å². The molecule has 0 aliphatic rings. The molecule has 0 rings (SSSR count). The van der Waals surface area contributed by atoms with Gasteiger partial charge in [0, 0.05) is 19.5 Å². The van der Waals surface area contributed by atoms with Crippen molar-refractivity contribution in [3.8, 4) is 0 Å². The van der Waals surface area contributed by atoms with Crippen LogP contribution in [0.25, 0.3) is 0 Å². The van der Waals surface area contributed by atoms with Crippen LogP contribution in [-0.2, 0) is 19.5 Å². The summed E-state index contributed by atoms with van der Waals surface area (Å²) >= 11 is 0. The molecule has 1 heteroatoms. The molecule has 0 spiro atoms. The molecule has 0 aliphatic carbocycles. The first-order valence-electron chi connectivity index (χ1n) is 7.81. The topological polar surface area (TPSA) is 0 Å². The van der Waals surface area contributed by atoms with Crippen molar-refractivity contribution in [2.75, 3.05) is 0 Å². The average molecular weight is 292 g/mol. The normalized spacial score (nSPS) is 12.2. The van der Waals surface area contributed by atoms with Gasteiger partial charge in [0.05, 0.1) is 0 Å². The van der Waals surface area contributed by atoms with Crippen molar-refractivity contribution in [1.82, 2.24) is 0 Å². The number of rotatable bonds is 12. The Kier molecular flexibility index (Phi) is 19.5. The molecule has 100 valence electrons. The van der Waals surface area contributed by atoms with E-state index in [-0.39, 0.29) is 19.5 Å². The first-order chi connectivity index (χ1) is 7.81. The number of unbranched alkanes of at least 4 members (excludes halogenated alkanes) is 8. The molecule has 0 saturated carbocycles. The van der Waals surface area contributed by atoms with Gasteiger partial charge in [0.15, 0.2) is 0 Å². The van der Waals surface area contributed by atoms with Crippen LogP contribution in [0, 0.1) is 5.92 Å². The minimum Gasteiger partial charge on any atom is -0.0654 e. The third kappa shape index (κ3) is 16.6. The third-order valence-electron chi connectivity index (χ3n) is 3.60. The Morgan fingerprint density at radius 1 is 0.588 bits per heavy atom. The van der Waals surface area contributed by atoms with Gasteiger partial charge in [0.25, 0.3) is 0 Å². The van der Waals surface area contributed by atoms with Crippen molar-refractivity contribution in [1.29, 1.82) is 0 Å². The van der Waals surface area contributed by atoms with Gasteiger partial charge in [-0.25, -0.2) is 0 Å². The second kappa shape index (κ2) is 16.6. The third-order valence-corrected chi connectivity index (χ3v) is 3.60. The summed E-state index contributed by atoms with van der Waals surface area (Å²) in [5.41, 5.74) is 0.